The number of carbonyl (C=O) groups is 1. The largest absolute Gasteiger partial charge is 0.383 e. The Labute approximate surface area is 159 Å². The van der Waals surface area contributed by atoms with Crippen LogP contribution in [0.2, 0.25) is 0 Å². The number of aromatic nitrogens is 2. The highest BCUT2D eigenvalue weighted by atomic mass is 16.5. The van der Waals surface area contributed by atoms with Gasteiger partial charge in [-0.25, -0.2) is 4.68 Å². The van der Waals surface area contributed by atoms with Gasteiger partial charge in [0.1, 0.15) is 5.69 Å². The topological polar surface area (TPSA) is 73.2 Å². The highest BCUT2D eigenvalue weighted by molar-refractivity contribution is 5.92. The van der Waals surface area contributed by atoms with E-state index in [2.05, 4.69) is 34.7 Å². The van der Waals surface area contributed by atoms with Gasteiger partial charge in [0, 0.05) is 25.1 Å². The van der Waals surface area contributed by atoms with E-state index >= 15 is 0 Å². The molecule has 0 radical (unpaired) electrons. The van der Waals surface area contributed by atoms with Gasteiger partial charge in [0.05, 0.1) is 13.2 Å². The third-order valence-corrected chi connectivity index (χ3v) is 5.39. The first-order chi connectivity index (χ1) is 13.1. The van der Waals surface area contributed by atoms with Crippen molar-refractivity contribution in [3.8, 4) is 0 Å². The smallest absolute Gasteiger partial charge is 0.271 e. The molecule has 0 atom stereocenters. The maximum absolute atomic E-state index is 12.7. The van der Waals surface area contributed by atoms with Crippen molar-refractivity contribution in [1.29, 1.82) is 0 Å². The first-order valence-corrected chi connectivity index (χ1v) is 9.55. The Morgan fingerprint density at radius 1 is 1.15 bits per heavy atom. The highest BCUT2D eigenvalue weighted by Crippen LogP contribution is 2.38. The van der Waals surface area contributed by atoms with Gasteiger partial charge in [0.2, 0.25) is 0 Å². The Kier molecular flexibility index (Phi) is 6.40. The first-order valence-electron chi connectivity index (χ1n) is 9.55. The summed E-state index contributed by atoms with van der Waals surface area (Å²) in [5.41, 5.74) is 1.27. The molecular weight excluding hydrogens is 342 g/mol. The van der Waals surface area contributed by atoms with E-state index in [1.54, 1.807) is 7.11 Å². The van der Waals surface area contributed by atoms with E-state index in [0.717, 1.165) is 12.8 Å². The summed E-state index contributed by atoms with van der Waals surface area (Å²) in [6.07, 6.45) is 5.72. The van der Waals surface area contributed by atoms with Gasteiger partial charge in [-0.3, -0.25) is 9.59 Å². The van der Waals surface area contributed by atoms with Gasteiger partial charge in [0.15, 0.2) is 0 Å². The summed E-state index contributed by atoms with van der Waals surface area (Å²) in [7, 11) is 1.56. The fraction of sp³-hybridized carbons (Fsp3) is 0.476. The molecule has 1 N–H and O–H groups in total. The van der Waals surface area contributed by atoms with Crippen LogP contribution in [-0.4, -0.2) is 35.9 Å². The fourth-order valence-electron chi connectivity index (χ4n) is 3.84. The van der Waals surface area contributed by atoms with Crippen LogP contribution in [0.4, 0.5) is 0 Å². The standard InChI is InChI=1S/C21H27N3O3/c1-27-15-14-24-19(25)11-10-18(23-24)20(26)22-16-21(12-6-3-7-13-21)17-8-4-2-5-9-17/h2,4-5,8-11H,3,6-7,12-16H2,1H3,(H,22,26). The normalized spacial score (nSPS) is 16.0. The monoisotopic (exact) mass is 369 g/mol. The lowest BCUT2D eigenvalue weighted by atomic mass is 9.69. The van der Waals surface area contributed by atoms with Crippen molar-refractivity contribution >= 4 is 5.91 Å². The summed E-state index contributed by atoms with van der Waals surface area (Å²) in [5.74, 6) is -0.248. The second-order valence-electron chi connectivity index (χ2n) is 7.16. The van der Waals surface area contributed by atoms with Crippen LogP contribution in [0, 0.1) is 0 Å². The third-order valence-electron chi connectivity index (χ3n) is 5.39. The molecule has 0 spiro atoms. The molecule has 1 aliphatic rings. The molecule has 1 fully saturated rings. The molecule has 27 heavy (non-hydrogen) atoms. The molecule has 1 aromatic heterocycles. The van der Waals surface area contributed by atoms with Gasteiger partial charge >= 0.3 is 0 Å². The molecule has 3 rings (SSSR count). The molecule has 1 amide bonds. The molecule has 1 saturated carbocycles. The molecule has 6 nitrogen and oxygen atoms in total. The lowest BCUT2D eigenvalue weighted by molar-refractivity contribution is 0.0928. The highest BCUT2D eigenvalue weighted by Gasteiger charge is 2.34. The fourth-order valence-corrected chi connectivity index (χ4v) is 3.84. The SMILES string of the molecule is COCCn1nc(C(=O)NCC2(c3ccccc3)CCCCC2)ccc1=O. The van der Waals surface area contributed by atoms with Crippen molar-refractivity contribution < 1.29 is 9.53 Å². The van der Waals surface area contributed by atoms with Crippen molar-refractivity contribution in [3.05, 3.63) is 64.1 Å². The van der Waals surface area contributed by atoms with Crippen molar-refractivity contribution in [2.75, 3.05) is 20.3 Å². The summed E-state index contributed by atoms with van der Waals surface area (Å²) in [6.45, 7) is 1.27. The van der Waals surface area contributed by atoms with Crippen LogP contribution in [0.5, 0.6) is 0 Å². The molecule has 0 bridgehead atoms. The maximum atomic E-state index is 12.7. The second kappa shape index (κ2) is 8.95. The number of methoxy groups -OCH3 is 1. The number of hydrogen-bond acceptors (Lipinski definition) is 4. The molecule has 144 valence electrons. The number of benzene rings is 1. The number of ether oxygens (including phenoxy) is 1. The van der Waals surface area contributed by atoms with Gasteiger partial charge < -0.3 is 10.1 Å². The zero-order chi connectivity index (χ0) is 19.1. The summed E-state index contributed by atoms with van der Waals surface area (Å²) in [5, 5.41) is 7.24. The minimum absolute atomic E-state index is 0.0281. The zero-order valence-corrected chi connectivity index (χ0v) is 15.8. The minimum atomic E-state index is -0.248. The van der Waals surface area contributed by atoms with Crippen LogP contribution in [0.15, 0.2) is 47.3 Å². The van der Waals surface area contributed by atoms with E-state index in [4.69, 9.17) is 4.74 Å². The summed E-state index contributed by atoms with van der Waals surface area (Å²) in [4.78, 5) is 24.5. The van der Waals surface area contributed by atoms with E-state index in [0.29, 0.717) is 19.7 Å². The van der Waals surface area contributed by atoms with Crippen molar-refractivity contribution in [2.24, 2.45) is 0 Å². The Morgan fingerprint density at radius 3 is 2.59 bits per heavy atom. The molecular formula is C21H27N3O3. The van der Waals surface area contributed by atoms with Crippen LogP contribution in [-0.2, 0) is 16.7 Å². The molecule has 2 aromatic rings. The predicted octanol–water partition coefficient (Wildman–Crippen LogP) is 2.52. The Morgan fingerprint density at radius 2 is 1.89 bits per heavy atom. The van der Waals surface area contributed by atoms with Gasteiger partial charge in [-0.2, -0.15) is 5.10 Å². The number of carbonyl (C=O) groups excluding carboxylic acids is 1. The molecule has 0 aliphatic heterocycles. The minimum Gasteiger partial charge on any atom is -0.383 e. The molecule has 1 heterocycles. The lowest BCUT2D eigenvalue weighted by Gasteiger charge is -2.38. The van der Waals surface area contributed by atoms with E-state index in [-0.39, 0.29) is 22.6 Å². The van der Waals surface area contributed by atoms with Crippen molar-refractivity contribution in [1.82, 2.24) is 15.1 Å². The van der Waals surface area contributed by atoms with Crippen LogP contribution in [0.3, 0.4) is 0 Å². The van der Waals surface area contributed by atoms with Crippen molar-refractivity contribution in [3.63, 3.8) is 0 Å². The summed E-state index contributed by atoms with van der Waals surface area (Å²) >= 11 is 0. The number of nitrogens with one attached hydrogen (secondary N) is 1. The van der Waals surface area contributed by atoms with Gasteiger partial charge in [0.25, 0.3) is 11.5 Å². The number of amides is 1. The Hall–Kier alpha value is -2.47. The van der Waals surface area contributed by atoms with Crippen LogP contribution < -0.4 is 10.9 Å². The Bertz CT molecular complexity index is 811. The van der Waals surface area contributed by atoms with Gasteiger partial charge in [-0.1, -0.05) is 49.6 Å². The number of nitrogens with zero attached hydrogens (tertiary/aromatic N) is 2. The Balaban J connectivity index is 1.74. The predicted molar refractivity (Wildman–Crippen MR) is 104 cm³/mol. The summed E-state index contributed by atoms with van der Waals surface area (Å²) < 4.78 is 6.26. The second-order valence-corrected chi connectivity index (χ2v) is 7.16. The average molecular weight is 369 g/mol. The number of hydrogen-bond donors (Lipinski definition) is 1. The molecule has 1 aromatic carbocycles. The van der Waals surface area contributed by atoms with E-state index in [9.17, 15) is 9.59 Å². The van der Waals surface area contributed by atoms with E-state index < -0.39 is 0 Å². The van der Waals surface area contributed by atoms with Gasteiger partial charge in [-0.05, 0) is 24.5 Å². The van der Waals surface area contributed by atoms with Crippen LogP contribution in [0.1, 0.15) is 48.2 Å². The lowest BCUT2D eigenvalue weighted by Crippen LogP contribution is -2.42. The van der Waals surface area contributed by atoms with Crippen LogP contribution in [0.25, 0.3) is 0 Å². The molecule has 6 heteroatoms. The van der Waals surface area contributed by atoms with Gasteiger partial charge in [-0.15, -0.1) is 0 Å². The first kappa shape index (κ1) is 19.3. The van der Waals surface area contributed by atoms with Crippen molar-refractivity contribution in [2.45, 2.75) is 44.1 Å². The molecule has 1 aliphatic carbocycles. The third kappa shape index (κ3) is 4.63. The number of rotatable bonds is 7. The van der Waals surface area contributed by atoms with E-state index in [1.807, 2.05) is 6.07 Å². The quantitative estimate of drug-likeness (QED) is 0.814. The molecule has 0 saturated heterocycles. The summed E-state index contributed by atoms with van der Waals surface area (Å²) in [6, 6.07) is 13.3. The average Bonchev–Trinajstić information content (AvgIpc) is 2.73. The zero-order valence-electron chi connectivity index (χ0n) is 15.8. The maximum Gasteiger partial charge on any atom is 0.271 e. The molecule has 0 unspecified atom stereocenters. The van der Waals surface area contributed by atoms with Crippen LogP contribution >= 0.6 is 0 Å². The van der Waals surface area contributed by atoms with E-state index in [1.165, 1.54) is 41.6 Å².